The minimum Gasteiger partial charge on any atom is -0.314 e. The fourth-order valence-corrected chi connectivity index (χ4v) is 3.00. The summed E-state index contributed by atoms with van der Waals surface area (Å²) in [6.07, 6.45) is 8.10. The Balaban J connectivity index is 2.05. The van der Waals surface area contributed by atoms with Gasteiger partial charge in [-0.25, -0.2) is 0 Å². The van der Waals surface area contributed by atoms with Crippen molar-refractivity contribution in [3.8, 4) is 0 Å². The summed E-state index contributed by atoms with van der Waals surface area (Å²) in [7, 11) is 0. The number of nitrogens with zero attached hydrogens (tertiary/aromatic N) is 1. The van der Waals surface area contributed by atoms with Crippen LogP contribution in [0.1, 0.15) is 59.3 Å². The molecule has 0 saturated carbocycles. The van der Waals surface area contributed by atoms with Gasteiger partial charge in [0, 0.05) is 12.1 Å². The third kappa shape index (κ3) is 7.91. The van der Waals surface area contributed by atoms with Gasteiger partial charge in [0.25, 0.3) is 0 Å². The fourth-order valence-electron chi connectivity index (χ4n) is 3.00. The average molecular weight is 269 g/mol. The summed E-state index contributed by atoms with van der Waals surface area (Å²) in [5, 5.41) is 7.38. The molecule has 1 rings (SSSR count). The van der Waals surface area contributed by atoms with Crippen molar-refractivity contribution >= 4 is 0 Å². The number of nitrogens with one attached hydrogen (secondary N) is 2. The monoisotopic (exact) mass is 269 g/mol. The van der Waals surface area contributed by atoms with E-state index in [0.29, 0.717) is 6.04 Å². The van der Waals surface area contributed by atoms with E-state index in [4.69, 9.17) is 0 Å². The van der Waals surface area contributed by atoms with Crippen molar-refractivity contribution < 1.29 is 0 Å². The third-order valence-electron chi connectivity index (χ3n) is 4.34. The second-order valence-electron chi connectivity index (χ2n) is 5.97. The van der Waals surface area contributed by atoms with E-state index >= 15 is 0 Å². The second-order valence-corrected chi connectivity index (χ2v) is 5.97. The SMILES string of the molecule is CCN(CC)CCCNC(C)CC1CCCCCN1. The molecule has 1 fully saturated rings. The molecular formula is C16H35N3. The molecule has 2 unspecified atom stereocenters. The minimum atomic E-state index is 0.646. The molecule has 1 aliphatic heterocycles. The van der Waals surface area contributed by atoms with Crippen LogP contribution in [-0.2, 0) is 0 Å². The molecule has 0 aromatic carbocycles. The first-order valence-corrected chi connectivity index (χ1v) is 8.45. The summed E-state index contributed by atoms with van der Waals surface area (Å²) in [5.41, 5.74) is 0. The smallest absolute Gasteiger partial charge is 0.00817 e. The lowest BCUT2D eigenvalue weighted by molar-refractivity contribution is 0.294. The van der Waals surface area contributed by atoms with Crippen molar-refractivity contribution in [2.75, 3.05) is 32.7 Å². The Morgan fingerprint density at radius 1 is 1.21 bits per heavy atom. The van der Waals surface area contributed by atoms with Gasteiger partial charge in [0.15, 0.2) is 0 Å². The first-order valence-electron chi connectivity index (χ1n) is 8.45. The highest BCUT2D eigenvalue weighted by atomic mass is 15.1. The van der Waals surface area contributed by atoms with Crippen molar-refractivity contribution in [1.29, 1.82) is 0 Å². The van der Waals surface area contributed by atoms with Crippen LogP contribution in [0.25, 0.3) is 0 Å². The summed E-state index contributed by atoms with van der Waals surface area (Å²) in [6, 6.07) is 1.39. The van der Waals surface area contributed by atoms with E-state index in [1.54, 1.807) is 0 Å². The van der Waals surface area contributed by atoms with Gasteiger partial charge in [-0.2, -0.15) is 0 Å². The molecule has 1 aliphatic rings. The Morgan fingerprint density at radius 2 is 2.00 bits per heavy atom. The molecule has 3 nitrogen and oxygen atoms in total. The maximum absolute atomic E-state index is 3.69. The molecule has 0 spiro atoms. The lowest BCUT2D eigenvalue weighted by atomic mass is 10.0. The van der Waals surface area contributed by atoms with Crippen LogP contribution in [0.15, 0.2) is 0 Å². The van der Waals surface area contributed by atoms with Crippen LogP contribution in [-0.4, -0.2) is 49.7 Å². The van der Waals surface area contributed by atoms with E-state index in [0.717, 1.165) is 12.6 Å². The summed E-state index contributed by atoms with van der Waals surface area (Å²) in [4.78, 5) is 2.50. The number of rotatable bonds is 9. The highest BCUT2D eigenvalue weighted by Crippen LogP contribution is 2.12. The van der Waals surface area contributed by atoms with Gasteiger partial charge in [-0.1, -0.05) is 26.7 Å². The number of hydrogen-bond acceptors (Lipinski definition) is 3. The molecule has 114 valence electrons. The predicted octanol–water partition coefficient (Wildman–Crippen LogP) is 2.62. The third-order valence-corrected chi connectivity index (χ3v) is 4.34. The zero-order chi connectivity index (χ0) is 13.9. The lowest BCUT2D eigenvalue weighted by Crippen LogP contribution is -2.37. The molecule has 1 saturated heterocycles. The predicted molar refractivity (Wildman–Crippen MR) is 84.7 cm³/mol. The maximum Gasteiger partial charge on any atom is 0.00817 e. The Labute approximate surface area is 120 Å². The van der Waals surface area contributed by atoms with Gasteiger partial charge < -0.3 is 15.5 Å². The van der Waals surface area contributed by atoms with E-state index in [1.165, 1.54) is 64.7 Å². The quantitative estimate of drug-likeness (QED) is 0.630. The standard InChI is InChI=1S/C16H35N3/c1-4-19(5-2)13-9-12-17-15(3)14-16-10-7-6-8-11-18-16/h15-18H,4-14H2,1-3H3. The molecule has 19 heavy (non-hydrogen) atoms. The van der Waals surface area contributed by atoms with Crippen LogP contribution < -0.4 is 10.6 Å². The Kier molecular flexibility index (Phi) is 9.48. The molecule has 0 bridgehead atoms. The van der Waals surface area contributed by atoms with Crippen molar-refractivity contribution in [3.63, 3.8) is 0 Å². The first-order chi connectivity index (χ1) is 9.26. The minimum absolute atomic E-state index is 0.646. The molecule has 0 aromatic rings. The molecule has 0 aliphatic carbocycles. The summed E-state index contributed by atoms with van der Waals surface area (Å²) in [5.74, 6) is 0. The van der Waals surface area contributed by atoms with Gasteiger partial charge in [-0.05, 0) is 65.3 Å². The Morgan fingerprint density at radius 3 is 2.74 bits per heavy atom. The van der Waals surface area contributed by atoms with Crippen molar-refractivity contribution in [1.82, 2.24) is 15.5 Å². The lowest BCUT2D eigenvalue weighted by Gasteiger charge is -2.22. The first kappa shape index (κ1) is 16.9. The second kappa shape index (κ2) is 10.6. The summed E-state index contributed by atoms with van der Waals surface area (Å²) >= 11 is 0. The molecule has 2 N–H and O–H groups in total. The van der Waals surface area contributed by atoms with Crippen molar-refractivity contribution in [3.05, 3.63) is 0 Å². The maximum atomic E-state index is 3.69. The molecule has 0 radical (unpaired) electrons. The van der Waals surface area contributed by atoms with Crippen LogP contribution in [0, 0.1) is 0 Å². The van der Waals surface area contributed by atoms with E-state index in [-0.39, 0.29) is 0 Å². The van der Waals surface area contributed by atoms with Crippen molar-refractivity contribution in [2.45, 2.75) is 71.4 Å². The zero-order valence-electron chi connectivity index (χ0n) is 13.4. The Bertz CT molecular complexity index is 196. The van der Waals surface area contributed by atoms with Crippen LogP contribution >= 0.6 is 0 Å². The molecule has 0 aromatic heterocycles. The van der Waals surface area contributed by atoms with E-state index < -0.39 is 0 Å². The number of hydrogen-bond donors (Lipinski definition) is 2. The highest BCUT2D eigenvalue weighted by molar-refractivity contribution is 4.76. The molecule has 3 heteroatoms. The van der Waals surface area contributed by atoms with E-state index in [9.17, 15) is 0 Å². The molecule has 0 amide bonds. The van der Waals surface area contributed by atoms with Crippen molar-refractivity contribution in [2.24, 2.45) is 0 Å². The van der Waals surface area contributed by atoms with Gasteiger partial charge in [-0.3, -0.25) is 0 Å². The van der Waals surface area contributed by atoms with Gasteiger partial charge >= 0.3 is 0 Å². The summed E-state index contributed by atoms with van der Waals surface area (Å²) < 4.78 is 0. The summed E-state index contributed by atoms with van der Waals surface area (Å²) in [6.45, 7) is 12.8. The van der Waals surface area contributed by atoms with Gasteiger partial charge in [0.1, 0.15) is 0 Å². The van der Waals surface area contributed by atoms with Crippen LogP contribution in [0.4, 0.5) is 0 Å². The van der Waals surface area contributed by atoms with Crippen LogP contribution in [0.2, 0.25) is 0 Å². The molecule has 1 heterocycles. The largest absolute Gasteiger partial charge is 0.314 e. The van der Waals surface area contributed by atoms with E-state index in [2.05, 4.69) is 36.3 Å². The fraction of sp³-hybridized carbons (Fsp3) is 1.00. The normalized spacial score (nSPS) is 22.4. The van der Waals surface area contributed by atoms with E-state index in [1.807, 2.05) is 0 Å². The van der Waals surface area contributed by atoms with Gasteiger partial charge in [0.05, 0.1) is 0 Å². The Hall–Kier alpha value is -0.120. The molecular weight excluding hydrogens is 234 g/mol. The molecule has 2 atom stereocenters. The van der Waals surface area contributed by atoms with Crippen LogP contribution in [0.3, 0.4) is 0 Å². The van der Waals surface area contributed by atoms with Gasteiger partial charge in [-0.15, -0.1) is 0 Å². The van der Waals surface area contributed by atoms with Crippen LogP contribution in [0.5, 0.6) is 0 Å². The topological polar surface area (TPSA) is 27.3 Å². The average Bonchev–Trinajstić information content (AvgIpc) is 2.67. The van der Waals surface area contributed by atoms with Gasteiger partial charge in [0.2, 0.25) is 0 Å². The highest BCUT2D eigenvalue weighted by Gasteiger charge is 2.14. The zero-order valence-corrected chi connectivity index (χ0v) is 13.4.